The number of Topliss-reactive ketones (excluding diaryl/α,β-unsaturated/α-hetero) is 1. The van der Waals surface area contributed by atoms with E-state index < -0.39 is 17.4 Å². The van der Waals surface area contributed by atoms with Crippen molar-refractivity contribution in [3.63, 3.8) is 0 Å². The van der Waals surface area contributed by atoms with Crippen LogP contribution in [0.2, 0.25) is 0 Å². The maximum absolute atomic E-state index is 12.3. The molecule has 0 aliphatic heterocycles. The first-order valence-corrected chi connectivity index (χ1v) is 8.69. The molecule has 0 spiro atoms. The van der Waals surface area contributed by atoms with Crippen molar-refractivity contribution in [3.8, 4) is 0 Å². The van der Waals surface area contributed by atoms with Crippen LogP contribution in [0.15, 0.2) is 27.6 Å². The zero-order valence-electron chi connectivity index (χ0n) is 14.2. The van der Waals surface area contributed by atoms with E-state index in [1.54, 1.807) is 6.20 Å². The van der Waals surface area contributed by atoms with Gasteiger partial charge in [0.15, 0.2) is 5.78 Å². The van der Waals surface area contributed by atoms with Gasteiger partial charge in [-0.05, 0) is 39.9 Å². The molecule has 0 aromatic carbocycles. The Bertz CT molecular complexity index is 973. The lowest BCUT2D eigenvalue weighted by Gasteiger charge is -2.29. The summed E-state index contributed by atoms with van der Waals surface area (Å²) in [4.78, 5) is 54.0. The zero-order chi connectivity index (χ0) is 19.1. The van der Waals surface area contributed by atoms with E-state index in [1.165, 1.54) is 12.1 Å². The molecule has 0 saturated carbocycles. The second kappa shape index (κ2) is 6.56. The van der Waals surface area contributed by atoms with Gasteiger partial charge < -0.3 is 9.97 Å². The van der Waals surface area contributed by atoms with E-state index in [4.69, 9.17) is 0 Å². The Morgan fingerprint density at radius 1 is 1.12 bits per heavy atom. The van der Waals surface area contributed by atoms with Crippen molar-refractivity contribution in [2.75, 3.05) is 0 Å². The van der Waals surface area contributed by atoms with Crippen LogP contribution >= 0.6 is 15.9 Å². The van der Waals surface area contributed by atoms with Gasteiger partial charge in [-0.2, -0.15) is 0 Å². The molecule has 2 aromatic heterocycles. The summed E-state index contributed by atoms with van der Waals surface area (Å²) in [6.07, 6.45) is 2.45. The maximum Gasteiger partial charge on any atom is 0.286 e. The summed E-state index contributed by atoms with van der Waals surface area (Å²) in [6, 6.07) is 2.83. The predicted octanol–water partition coefficient (Wildman–Crippen LogP) is 1.70. The number of ketones is 1. The number of fused-ring (bicyclic) bond motifs is 1. The van der Waals surface area contributed by atoms with Gasteiger partial charge in [0, 0.05) is 28.3 Å². The minimum Gasteiger partial charge on any atom is -0.356 e. The molecular weight excluding hydrogens is 404 g/mol. The fourth-order valence-corrected chi connectivity index (χ4v) is 3.29. The van der Waals surface area contributed by atoms with Crippen LogP contribution in [-0.4, -0.2) is 27.6 Å². The number of hydrogen-bond donors (Lipinski definition) is 4. The molecule has 4 N–H and O–H groups in total. The molecule has 1 aliphatic rings. The number of rotatable bonds is 2. The lowest BCUT2D eigenvalue weighted by atomic mass is 9.75. The molecule has 0 radical (unpaired) electrons. The zero-order valence-corrected chi connectivity index (χ0v) is 15.7. The van der Waals surface area contributed by atoms with E-state index in [2.05, 4.69) is 36.7 Å². The van der Waals surface area contributed by atoms with Gasteiger partial charge in [0.1, 0.15) is 11.3 Å². The van der Waals surface area contributed by atoms with Gasteiger partial charge in [0.25, 0.3) is 17.4 Å². The summed E-state index contributed by atoms with van der Waals surface area (Å²) in [5.41, 5.74) is 4.42. The number of amides is 2. The highest BCUT2D eigenvalue weighted by molar-refractivity contribution is 9.10. The molecule has 8 nitrogen and oxygen atoms in total. The van der Waals surface area contributed by atoms with E-state index in [0.717, 1.165) is 0 Å². The number of hydrogen-bond acceptors (Lipinski definition) is 4. The molecule has 2 aromatic rings. The third kappa shape index (κ3) is 3.62. The van der Waals surface area contributed by atoms with Gasteiger partial charge in [0.2, 0.25) is 0 Å². The molecule has 3 rings (SSSR count). The van der Waals surface area contributed by atoms with E-state index in [0.29, 0.717) is 28.6 Å². The first-order valence-electron chi connectivity index (χ1n) is 7.90. The van der Waals surface area contributed by atoms with Crippen molar-refractivity contribution in [2.24, 2.45) is 5.41 Å². The van der Waals surface area contributed by atoms with Crippen LogP contribution in [0.4, 0.5) is 0 Å². The molecule has 0 bridgehead atoms. The number of carbonyl (C=O) groups is 3. The van der Waals surface area contributed by atoms with Crippen LogP contribution in [0.25, 0.3) is 0 Å². The molecule has 0 atom stereocenters. The number of nitrogens with one attached hydrogen (secondary N) is 4. The lowest BCUT2D eigenvalue weighted by molar-refractivity contribution is 0.0842. The molecule has 136 valence electrons. The smallest absolute Gasteiger partial charge is 0.286 e. The Labute approximate surface area is 156 Å². The molecule has 0 fully saturated rings. The van der Waals surface area contributed by atoms with Crippen molar-refractivity contribution in [2.45, 2.75) is 26.7 Å². The summed E-state index contributed by atoms with van der Waals surface area (Å²) < 4.78 is 0.682. The van der Waals surface area contributed by atoms with Crippen LogP contribution in [0.5, 0.6) is 0 Å². The van der Waals surface area contributed by atoms with Crippen LogP contribution in [0, 0.1) is 5.41 Å². The Kier molecular flexibility index (Phi) is 4.57. The van der Waals surface area contributed by atoms with Gasteiger partial charge >= 0.3 is 0 Å². The van der Waals surface area contributed by atoms with Crippen LogP contribution in [0.3, 0.4) is 0 Å². The average Bonchev–Trinajstić information content (AvgIpc) is 2.97. The summed E-state index contributed by atoms with van der Waals surface area (Å²) in [7, 11) is 0. The number of carbonyl (C=O) groups excluding carboxylic acids is 3. The molecular formula is C17H17BrN4O4. The lowest BCUT2D eigenvalue weighted by Crippen LogP contribution is -2.44. The standard InChI is InChI=1S/C17H17BrN4O4/c1-17(2)5-12-9(13(23)6-17)4-10(14(24)20-12)15(25)21-22-16(26)11-3-8(18)7-19-11/h3-4,7,19H,5-6H2,1-2H3,(H,20,24)(H,21,25)(H,22,26). The quantitative estimate of drug-likeness (QED) is 0.551. The summed E-state index contributed by atoms with van der Waals surface area (Å²) in [5.74, 6) is -1.50. The first-order chi connectivity index (χ1) is 12.2. The van der Waals surface area contributed by atoms with E-state index >= 15 is 0 Å². The fraction of sp³-hybridized carbons (Fsp3) is 0.294. The highest BCUT2D eigenvalue weighted by atomic mass is 79.9. The minimum atomic E-state index is -0.800. The number of hydrazine groups is 1. The normalized spacial score (nSPS) is 15.3. The number of aromatic amines is 2. The van der Waals surface area contributed by atoms with Crippen molar-refractivity contribution >= 4 is 33.5 Å². The van der Waals surface area contributed by atoms with E-state index in [9.17, 15) is 19.2 Å². The van der Waals surface area contributed by atoms with Gasteiger partial charge in [-0.3, -0.25) is 30.0 Å². The highest BCUT2D eigenvalue weighted by Crippen LogP contribution is 2.33. The summed E-state index contributed by atoms with van der Waals surface area (Å²) in [6.45, 7) is 3.89. The first kappa shape index (κ1) is 18.1. The fourth-order valence-electron chi connectivity index (χ4n) is 2.94. The Balaban J connectivity index is 1.78. The molecule has 2 heterocycles. The van der Waals surface area contributed by atoms with Crippen LogP contribution in [0.1, 0.15) is 57.2 Å². The van der Waals surface area contributed by atoms with E-state index in [1.807, 2.05) is 13.8 Å². The van der Waals surface area contributed by atoms with Crippen LogP contribution in [-0.2, 0) is 6.42 Å². The largest absolute Gasteiger partial charge is 0.356 e. The highest BCUT2D eigenvalue weighted by Gasteiger charge is 2.32. The Morgan fingerprint density at radius 3 is 2.46 bits per heavy atom. The predicted molar refractivity (Wildman–Crippen MR) is 96.9 cm³/mol. The number of pyridine rings is 1. The summed E-state index contributed by atoms with van der Waals surface area (Å²) >= 11 is 3.20. The molecule has 2 amide bonds. The number of H-pyrrole nitrogens is 2. The second-order valence-electron chi connectivity index (χ2n) is 6.99. The van der Waals surface area contributed by atoms with Gasteiger partial charge in [-0.25, -0.2) is 0 Å². The number of halogens is 1. The van der Waals surface area contributed by atoms with Crippen molar-refractivity contribution < 1.29 is 14.4 Å². The summed E-state index contributed by atoms with van der Waals surface area (Å²) in [5, 5.41) is 0. The molecule has 0 unspecified atom stereocenters. The van der Waals surface area contributed by atoms with Gasteiger partial charge in [0.05, 0.1) is 0 Å². The van der Waals surface area contributed by atoms with Crippen LogP contribution < -0.4 is 16.4 Å². The topological polar surface area (TPSA) is 124 Å². The SMILES string of the molecule is CC1(C)CC(=O)c2cc(C(=O)NNC(=O)c3cc(Br)c[nH]3)c(=O)[nH]c2C1. The molecule has 9 heteroatoms. The average molecular weight is 421 g/mol. The third-order valence-electron chi connectivity index (χ3n) is 4.14. The molecule has 1 aliphatic carbocycles. The van der Waals surface area contributed by atoms with Crippen molar-refractivity contribution in [1.29, 1.82) is 0 Å². The van der Waals surface area contributed by atoms with Gasteiger partial charge in [-0.1, -0.05) is 13.8 Å². The molecule has 26 heavy (non-hydrogen) atoms. The van der Waals surface area contributed by atoms with Crippen molar-refractivity contribution in [1.82, 2.24) is 20.8 Å². The van der Waals surface area contributed by atoms with Crippen molar-refractivity contribution in [3.05, 3.63) is 55.7 Å². The second-order valence-corrected chi connectivity index (χ2v) is 7.90. The van der Waals surface area contributed by atoms with Gasteiger partial charge in [-0.15, -0.1) is 0 Å². The third-order valence-corrected chi connectivity index (χ3v) is 4.60. The Hall–Kier alpha value is -2.68. The monoisotopic (exact) mass is 420 g/mol. The minimum absolute atomic E-state index is 0.123. The van der Waals surface area contributed by atoms with E-state index in [-0.39, 0.29) is 22.5 Å². The molecule has 0 saturated heterocycles. The maximum atomic E-state index is 12.3. The Morgan fingerprint density at radius 2 is 1.81 bits per heavy atom. The number of aromatic nitrogens is 2.